The van der Waals surface area contributed by atoms with Gasteiger partial charge in [-0.2, -0.15) is 0 Å². The number of rotatable bonds is 6. The average Bonchev–Trinajstić information content (AvgIpc) is 2.67. The molecule has 2 aromatic carbocycles. The SMILES string of the molecule is O=C(Cc1c(F)cccc1Cl)NCC(c1ccc(F)cc1)N1CCOCC1. The number of morpholine rings is 1. The van der Waals surface area contributed by atoms with Crippen molar-refractivity contribution in [3.63, 3.8) is 0 Å². The zero-order valence-corrected chi connectivity index (χ0v) is 15.5. The lowest BCUT2D eigenvalue weighted by molar-refractivity contribution is -0.120. The zero-order chi connectivity index (χ0) is 19.2. The number of nitrogens with zero attached hydrogens (tertiary/aromatic N) is 1. The second-order valence-corrected chi connectivity index (χ2v) is 6.80. The lowest BCUT2D eigenvalue weighted by Gasteiger charge is -2.35. The molecular formula is C20H21ClF2N2O2. The quantitative estimate of drug-likeness (QED) is 0.817. The van der Waals surface area contributed by atoms with Crippen molar-refractivity contribution in [2.24, 2.45) is 0 Å². The molecule has 144 valence electrons. The Morgan fingerprint density at radius 1 is 1.15 bits per heavy atom. The van der Waals surface area contributed by atoms with E-state index in [4.69, 9.17) is 16.3 Å². The van der Waals surface area contributed by atoms with E-state index >= 15 is 0 Å². The first-order chi connectivity index (χ1) is 13.0. The molecule has 0 spiro atoms. The maximum atomic E-state index is 13.9. The van der Waals surface area contributed by atoms with Crippen LogP contribution < -0.4 is 5.32 Å². The first-order valence-corrected chi connectivity index (χ1v) is 9.19. The summed E-state index contributed by atoms with van der Waals surface area (Å²) in [5.41, 5.74) is 1.09. The molecule has 27 heavy (non-hydrogen) atoms. The van der Waals surface area contributed by atoms with Crippen LogP contribution in [0.25, 0.3) is 0 Å². The van der Waals surface area contributed by atoms with Gasteiger partial charge >= 0.3 is 0 Å². The standard InChI is InChI=1S/C20H21ClF2N2O2/c21-17-2-1-3-18(23)16(17)12-20(26)24-13-19(25-8-10-27-11-9-25)14-4-6-15(22)7-5-14/h1-7,19H,8-13H2,(H,24,26). The largest absolute Gasteiger partial charge is 0.379 e. The maximum Gasteiger partial charge on any atom is 0.224 e. The van der Waals surface area contributed by atoms with E-state index in [1.54, 1.807) is 18.2 Å². The second-order valence-electron chi connectivity index (χ2n) is 6.40. The Kier molecular flexibility index (Phi) is 6.77. The summed E-state index contributed by atoms with van der Waals surface area (Å²) in [5.74, 6) is -1.12. The van der Waals surface area contributed by atoms with Gasteiger partial charge in [0.2, 0.25) is 5.91 Å². The van der Waals surface area contributed by atoms with Crippen molar-refractivity contribution in [1.29, 1.82) is 0 Å². The number of carbonyl (C=O) groups excluding carboxylic acids is 1. The van der Waals surface area contributed by atoms with Gasteiger partial charge in [-0.15, -0.1) is 0 Å². The fourth-order valence-corrected chi connectivity index (χ4v) is 3.40. The number of halogens is 3. The van der Waals surface area contributed by atoms with Gasteiger partial charge in [0.05, 0.1) is 25.7 Å². The Labute approximate surface area is 162 Å². The Morgan fingerprint density at radius 2 is 1.85 bits per heavy atom. The van der Waals surface area contributed by atoms with Crippen LogP contribution in [-0.2, 0) is 16.0 Å². The molecule has 4 nitrogen and oxygen atoms in total. The molecule has 0 radical (unpaired) electrons. The van der Waals surface area contributed by atoms with E-state index in [-0.39, 0.29) is 34.8 Å². The Morgan fingerprint density at radius 3 is 2.52 bits per heavy atom. The molecule has 1 saturated heterocycles. The molecule has 0 aliphatic carbocycles. The number of hydrogen-bond donors (Lipinski definition) is 1. The van der Waals surface area contributed by atoms with Crippen LogP contribution in [0.2, 0.25) is 5.02 Å². The summed E-state index contributed by atoms with van der Waals surface area (Å²) >= 11 is 5.99. The van der Waals surface area contributed by atoms with Crippen LogP contribution in [0.1, 0.15) is 17.2 Å². The topological polar surface area (TPSA) is 41.6 Å². The van der Waals surface area contributed by atoms with Crippen LogP contribution in [-0.4, -0.2) is 43.7 Å². The average molecular weight is 395 g/mol. The van der Waals surface area contributed by atoms with Crippen molar-refractivity contribution < 1.29 is 18.3 Å². The first kappa shape index (κ1) is 19.7. The number of hydrogen-bond acceptors (Lipinski definition) is 3. The number of ether oxygens (including phenoxy) is 1. The highest BCUT2D eigenvalue weighted by Crippen LogP contribution is 2.22. The van der Waals surface area contributed by atoms with Crippen molar-refractivity contribution in [2.45, 2.75) is 12.5 Å². The van der Waals surface area contributed by atoms with E-state index in [9.17, 15) is 13.6 Å². The summed E-state index contributed by atoms with van der Waals surface area (Å²) in [7, 11) is 0. The Balaban J connectivity index is 1.68. The van der Waals surface area contributed by atoms with Gasteiger partial charge in [-0.05, 0) is 29.8 Å². The smallest absolute Gasteiger partial charge is 0.224 e. The summed E-state index contributed by atoms with van der Waals surface area (Å²) in [4.78, 5) is 14.5. The summed E-state index contributed by atoms with van der Waals surface area (Å²) in [5, 5.41) is 3.09. The molecule has 1 N–H and O–H groups in total. The van der Waals surface area contributed by atoms with Crippen LogP contribution >= 0.6 is 11.6 Å². The summed E-state index contributed by atoms with van der Waals surface area (Å²) < 4.78 is 32.5. The molecule has 0 bridgehead atoms. The van der Waals surface area contributed by atoms with Crippen LogP contribution in [0.3, 0.4) is 0 Å². The van der Waals surface area contributed by atoms with Gasteiger partial charge in [0.25, 0.3) is 0 Å². The molecule has 1 aliphatic heterocycles. The highest BCUT2D eigenvalue weighted by atomic mass is 35.5. The van der Waals surface area contributed by atoms with Crippen LogP contribution in [0, 0.1) is 11.6 Å². The predicted octanol–water partition coefficient (Wildman–Crippen LogP) is 3.35. The van der Waals surface area contributed by atoms with Crippen LogP contribution in [0.5, 0.6) is 0 Å². The van der Waals surface area contributed by atoms with Gasteiger partial charge in [-0.1, -0.05) is 29.8 Å². The second kappa shape index (κ2) is 9.26. The van der Waals surface area contributed by atoms with Gasteiger partial charge in [-0.3, -0.25) is 9.69 Å². The zero-order valence-electron chi connectivity index (χ0n) is 14.8. The molecule has 3 rings (SSSR count). The molecule has 1 heterocycles. The number of amides is 1. The van der Waals surface area contributed by atoms with Gasteiger partial charge in [0.15, 0.2) is 0 Å². The third-order valence-electron chi connectivity index (χ3n) is 4.63. The van der Waals surface area contributed by atoms with Crippen molar-refractivity contribution in [1.82, 2.24) is 10.2 Å². The maximum absolute atomic E-state index is 13.9. The third kappa shape index (κ3) is 5.25. The monoisotopic (exact) mass is 394 g/mol. The van der Waals surface area contributed by atoms with E-state index in [0.29, 0.717) is 19.8 Å². The molecule has 0 aromatic heterocycles. The summed E-state index contributed by atoms with van der Waals surface area (Å²) in [6, 6.07) is 10.5. The third-order valence-corrected chi connectivity index (χ3v) is 4.99. The van der Waals surface area contributed by atoms with Gasteiger partial charge in [0.1, 0.15) is 11.6 Å². The van der Waals surface area contributed by atoms with E-state index in [0.717, 1.165) is 18.7 Å². The van der Waals surface area contributed by atoms with Crippen molar-refractivity contribution in [3.8, 4) is 0 Å². The lowest BCUT2D eigenvalue weighted by atomic mass is 10.0. The minimum absolute atomic E-state index is 0.116. The van der Waals surface area contributed by atoms with Crippen molar-refractivity contribution in [3.05, 3.63) is 70.2 Å². The van der Waals surface area contributed by atoms with Gasteiger partial charge in [-0.25, -0.2) is 8.78 Å². The highest BCUT2D eigenvalue weighted by Gasteiger charge is 2.23. The Hall–Kier alpha value is -2.02. The molecule has 2 aromatic rings. The normalized spacial score (nSPS) is 16.1. The molecule has 7 heteroatoms. The van der Waals surface area contributed by atoms with E-state index in [1.165, 1.54) is 24.3 Å². The summed E-state index contributed by atoms with van der Waals surface area (Å²) in [6.45, 7) is 2.98. The molecule has 1 unspecified atom stereocenters. The predicted molar refractivity (Wildman–Crippen MR) is 99.7 cm³/mol. The van der Waals surface area contributed by atoms with Crippen molar-refractivity contribution >= 4 is 17.5 Å². The number of benzene rings is 2. The minimum Gasteiger partial charge on any atom is -0.379 e. The van der Waals surface area contributed by atoms with Gasteiger partial charge in [0, 0.05) is 30.2 Å². The highest BCUT2D eigenvalue weighted by molar-refractivity contribution is 6.31. The minimum atomic E-state index is -0.499. The summed E-state index contributed by atoms with van der Waals surface area (Å²) in [6.07, 6.45) is -0.134. The first-order valence-electron chi connectivity index (χ1n) is 8.81. The van der Waals surface area contributed by atoms with E-state index in [2.05, 4.69) is 10.2 Å². The van der Waals surface area contributed by atoms with Crippen molar-refractivity contribution in [2.75, 3.05) is 32.8 Å². The number of nitrogens with one attached hydrogen (secondary N) is 1. The van der Waals surface area contributed by atoms with E-state index in [1.807, 2.05) is 0 Å². The van der Waals surface area contributed by atoms with E-state index < -0.39 is 5.82 Å². The van der Waals surface area contributed by atoms with Crippen LogP contribution in [0.4, 0.5) is 8.78 Å². The molecule has 0 saturated carbocycles. The molecule has 1 amide bonds. The fraction of sp³-hybridized carbons (Fsp3) is 0.350. The molecule has 1 atom stereocenters. The lowest BCUT2D eigenvalue weighted by Crippen LogP contribution is -2.44. The molecule has 1 aliphatic rings. The molecular weight excluding hydrogens is 374 g/mol. The molecule has 1 fully saturated rings. The van der Waals surface area contributed by atoms with Crippen LogP contribution in [0.15, 0.2) is 42.5 Å². The Bertz CT molecular complexity index is 760. The fourth-order valence-electron chi connectivity index (χ4n) is 3.17. The van der Waals surface area contributed by atoms with Gasteiger partial charge < -0.3 is 10.1 Å². The number of carbonyl (C=O) groups is 1.